The van der Waals surface area contributed by atoms with E-state index in [4.69, 9.17) is 0 Å². The number of imidazole rings is 1. The standard InChI is InChI=1S/C14H17N5/c1-2-5-15-7-10(3-1)19-9-18-12-8-17-14-11(13(12)19)4-6-16-14/h4,6,8-10,15H,1-3,5,7H2,(H,16,17). The van der Waals surface area contributed by atoms with Gasteiger partial charge < -0.3 is 14.9 Å². The molecule has 0 saturated carbocycles. The molecule has 5 heteroatoms. The van der Waals surface area contributed by atoms with Crippen LogP contribution in [0, 0.1) is 0 Å². The van der Waals surface area contributed by atoms with Gasteiger partial charge in [-0.25, -0.2) is 9.97 Å². The molecule has 98 valence electrons. The van der Waals surface area contributed by atoms with Crippen molar-refractivity contribution in [2.45, 2.75) is 25.3 Å². The Hall–Kier alpha value is -1.88. The fourth-order valence-corrected chi connectivity index (χ4v) is 3.05. The highest BCUT2D eigenvalue weighted by molar-refractivity contribution is 6.00. The molecule has 0 bridgehead atoms. The second-order valence-electron chi connectivity index (χ2n) is 5.24. The third kappa shape index (κ3) is 1.73. The van der Waals surface area contributed by atoms with Gasteiger partial charge in [-0.1, -0.05) is 6.42 Å². The summed E-state index contributed by atoms with van der Waals surface area (Å²) >= 11 is 0. The summed E-state index contributed by atoms with van der Waals surface area (Å²) in [5.74, 6) is 0. The van der Waals surface area contributed by atoms with Crippen molar-refractivity contribution in [3.63, 3.8) is 0 Å². The molecule has 1 aliphatic heterocycles. The fourth-order valence-electron chi connectivity index (χ4n) is 3.05. The predicted molar refractivity (Wildman–Crippen MR) is 75.1 cm³/mol. The number of rotatable bonds is 1. The van der Waals surface area contributed by atoms with E-state index in [1.165, 1.54) is 30.2 Å². The van der Waals surface area contributed by atoms with Gasteiger partial charge in [0.2, 0.25) is 0 Å². The Morgan fingerprint density at radius 3 is 3.26 bits per heavy atom. The second kappa shape index (κ2) is 4.35. The summed E-state index contributed by atoms with van der Waals surface area (Å²) in [6.45, 7) is 2.16. The number of pyridine rings is 1. The van der Waals surface area contributed by atoms with Crippen LogP contribution in [-0.2, 0) is 0 Å². The zero-order chi connectivity index (χ0) is 12.7. The SMILES string of the molecule is c1cc2c(ncc3ncn(C4CCCCNC4)c32)[nH]1. The van der Waals surface area contributed by atoms with Crippen molar-refractivity contribution in [1.82, 2.24) is 24.8 Å². The minimum Gasteiger partial charge on any atom is -0.346 e. The maximum absolute atomic E-state index is 4.51. The molecule has 1 atom stereocenters. The first-order valence-electron chi connectivity index (χ1n) is 6.93. The molecule has 1 unspecified atom stereocenters. The zero-order valence-electron chi connectivity index (χ0n) is 10.8. The van der Waals surface area contributed by atoms with Crippen LogP contribution < -0.4 is 5.32 Å². The van der Waals surface area contributed by atoms with E-state index in [9.17, 15) is 0 Å². The van der Waals surface area contributed by atoms with E-state index in [1.807, 2.05) is 18.7 Å². The highest BCUT2D eigenvalue weighted by Gasteiger charge is 2.18. The first-order valence-corrected chi connectivity index (χ1v) is 6.93. The van der Waals surface area contributed by atoms with Gasteiger partial charge in [0, 0.05) is 24.2 Å². The van der Waals surface area contributed by atoms with E-state index in [0.29, 0.717) is 6.04 Å². The summed E-state index contributed by atoms with van der Waals surface area (Å²) in [6.07, 6.45) is 9.53. The molecule has 0 spiro atoms. The van der Waals surface area contributed by atoms with Crippen molar-refractivity contribution < 1.29 is 0 Å². The van der Waals surface area contributed by atoms with Crippen LogP contribution in [-0.4, -0.2) is 32.6 Å². The summed E-state index contributed by atoms with van der Waals surface area (Å²) in [5.41, 5.74) is 3.13. The van der Waals surface area contributed by atoms with Crippen LogP contribution in [0.25, 0.3) is 22.1 Å². The van der Waals surface area contributed by atoms with Crippen LogP contribution >= 0.6 is 0 Å². The fraction of sp³-hybridized carbons (Fsp3) is 0.429. The van der Waals surface area contributed by atoms with Gasteiger partial charge in [0.25, 0.3) is 0 Å². The van der Waals surface area contributed by atoms with Gasteiger partial charge in [-0.05, 0) is 25.5 Å². The predicted octanol–water partition coefficient (Wildman–Crippen LogP) is 2.23. The largest absolute Gasteiger partial charge is 0.346 e. The Morgan fingerprint density at radius 2 is 2.26 bits per heavy atom. The van der Waals surface area contributed by atoms with Gasteiger partial charge in [-0.3, -0.25) is 0 Å². The van der Waals surface area contributed by atoms with E-state index >= 15 is 0 Å². The molecule has 2 N–H and O–H groups in total. The van der Waals surface area contributed by atoms with Crippen LogP contribution in [0.1, 0.15) is 25.3 Å². The van der Waals surface area contributed by atoms with Crippen molar-refractivity contribution >= 4 is 22.1 Å². The lowest BCUT2D eigenvalue weighted by Gasteiger charge is -2.17. The molecule has 0 amide bonds. The average molecular weight is 255 g/mol. The normalized spacial score (nSPS) is 20.9. The maximum atomic E-state index is 4.51. The van der Waals surface area contributed by atoms with Gasteiger partial charge in [-0.15, -0.1) is 0 Å². The van der Waals surface area contributed by atoms with Crippen LogP contribution in [0.4, 0.5) is 0 Å². The second-order valence-corrected chi connectivity index (χ2v) is 5.24. The minimum atomic E-state index is 0.494. The number of hydrogen-bond acceptors (Lipinski definition) is 3. The molecule has 1 aliphatic rings. The summed E-state index contributed by atoms with van der Waals surface area (Å²) in [7, 11) is 0. The molecule has 3 aromatic rings. The summed E-state index contributed by atoms with van der Waals surface area (Å²) in [5, 5.41) is 4.69. The lowest BCUT2D eigenvalue weighted by atomic mass is 10.1. The maximum Gasteiger partial charge on any atom is 0.139 e. The number of fused-ring (bicyclic) bond motifs is 3. The summed E-state index contributed by atoms with van der Waals surface area (Å²) < 4.78 is 2.32. The Bertz CT molecular complexity index is 703. The van der Waals surface area contributed by atoms with Crippen molar-refractivity contribution in [2.24, 2.45) is 0 Å². The lowest BCUT2D eigenvalue weighted by molar-refractivity contribution is 0.472. The van der Waals surface area contributed by atoms with Crippen molar-refractivity contribution in [1.29, 1.82) is 0 Å². The van der Waals surface area contributed by atoms with Crippen molar-refractivity contribution in [3.05, 3.63) is 24.8 Å². The third-order valence-corrected chi connectivity index (χ3v) is 4.03. The molecule has 4 heterocycles. The Kier molecular flexibility index (Phi) is 2.51. The molecule has 1 saturated heterocycles. The summed E-state index contributed by atoms with van der Waals surface area (Å²) in [4.78, 5) is 12.1. The van der Waals surface area contributed by atoms with Crippen molar-refractivity contribution in [3.8, 4) is 0 Å². The molecule has 0 aliphatic carbocycles. The number of nitrogens with one attached hydrogen (secondary N) is 2. The molecule has 1 fully saturated rings. The van der Waals surface area contributed by atoms with Crippen LogP contribution in [0.3, 0.4) is 0 Å². The van der Waals surface area contributed by atoms with E-state index < -0.39 is 0 Å². The number of aromatic amines is 1. The Labute approximate surface area is 111 Å². The quantitative estimate of drug-likeness (QED) is 0.701. The molecule has 4 rings (SSSR count). The smallest absolute Gasteiger partial charge is 0.139 e. The number of aromatic nitrogens is 4. The first kappa shape index (κ1) is 11.0. The monoisotopic (exact) mass is 255 g/mol. The van der Waals surface area contributed by atoms with Gasteiger partial charge in [0.1, 0.15) is 11.2 Å². The van der Waals surface area contributed by atoms with E-state index in [0.717, 1.165) is 24.3 Å². The van der Waals surface area contributed by atoms with Gasteiger partial charge in [-0.2, -0.15) is 0 Å². The highest BCUT2D eigenvalue weighted by Crippen LogP contribution is 2.27. The Morgan fingerprint density at radius 1 is 1.26 bits per heavy atom. The van der Waals surface area contributed by atoms with E-state index in [2.05, 4.69) is 30.9 Å². The molecule has 5 nitrogen and oxygen atoms in total. The van der Waals surface area contributed by atoms with Gasteiger partial charge in [0.05, 0.1) is 18.0 Å². The number of H-pyrrole nitrogens is 1. The highest BCUT2D eigenvalue weighted by atomic mass is 15.1. The molecular formula is C14H17N5. The van der Waals surface area contributed by atoms with Gasteiger partial charge >= 0.3 is 0 Å². The number of nitrogens with zero attached hydrogens (tertiary/aromatic N) is 3. The van der Waals surface area contributed by atoms with Crippen LogP contribution in [0.15, 0.2) is 24.8 Å². The topological polar surface area (TPSA) is 58.5 Å². The summed E-state index contributed by atoms with van der Waals surface area (Å²) in [6, 6.07) is 2.58. The molecule has 19 heavy (non-hydrogen) atoms. The Balaban J connectivity index is 1.90. The minimum absolute atomic E-state index is 0.494. The molecular weight excluding hydrogens is 238 g/mol. The van der Waals surface area contributed by atoms with Gasteiger partial charge in [0.15, 0.2) is 0 Å². The van der Waals surface area contributed by atoms with E-state index in [-0.39, 0.29) is 0 Å². The van der Waals surface area contributed by atoms with Crippen LogP contribution in [0.2, 0.25) is 0 Å². The molecule has 0 radical (unpaired) electrons. The molecule has 3 aromatic heterocycles. The number of hydrogen-bond donors (Lipinski definition) is 2. The van der Waals surface area contributed by atoms with E-state index in [1.54, 1.807) is 0 Å². The van der Waals surface area contributed by atoms with Crippen molar-refractivity contribution in [2.75, 3.05) is 13.1 Å². The lowest BCUT2D eigenvalue weighted by Crippen LogP contribution is -2.22. The first-order chi connectivity index (χ1) is 9.43. The third-order valence-electron chi connectivity index (χ3n) is 4.03. The average Bonchev–Trinajstić information content (AvgIpc) is 2.98. The molecule has 0 aromatic carbocycles. The zero-order valence-corrected chi connectivity index (χ0v) is 10.8. The van der Waals surface area contributed by atoms with Crippen LogP contribution in [0.5, 0.6) is 0 Å².